The van der Waals surface area contributed by atoms with Crippen molar-refractivity contribution in [3.8, 4) is 11.5 Å². The van der Waals surface area contributed by atoms with Gasteiger partial charge in [-0.1, -0.05) is 30.3 Å². The maximum absolute atomic E-state index is 13.8. The van der Waals surface area contributed by atoms with Crippen molar-refractivity contribution < 1.29 is 19.1 Å². The number of amides is 2. The zero-order chi connectivity index (χ0) is 24.6. The van der Waals surface area contributed by atoms with Gasteiger partial charge in [0.2, 0.25) is 0 Å². The number of carbonyl (C=O) groups excluding carboxylic acids is 2. The number of benzene rings is 3. The van der Waals surface area contributed by atoms with E-state index in [0.717, 1.165) is 22.3 Å². The average molecular weight is 457 g/mol. The molecule has 3 aromatic rings. The predicted octanol–water partition coefficient (Wildman–Crippen LogP) is 5.33. The minimum Gasteiger partial charge on any atom is -0.495 e. The highest BCUT2D eigenvalue weighted by molar-refractivity contribution is 6.46. The van der Waals surface area contributed by atoms with E-state index in [-0.39, 0.29) is 5.70 Å². The number of rotatable bonds is 6. The second kappa shape index (κ2) is 9.06. The van der Waals surface area contributed by atoms with Gasteiger partial charge in [-0.25, -0.2) is 4.90 Å². The molecule has 1 N–H and O–H groups in total. The summed E-state index contributed by atoms with van der Waals surface area (Å²) in [6.45, 7) is 7.85. The van der Waals surface area contributed by atoms with Gasteiger partial charge in [0, 0.05) is 0 Å². The van der Waals surface area contributed by atoms with Gasteiger partial charge < -0.3 is 14.8 Å². The Morgan fingerprint density at radius 2 is 1.35 bits per heavy atom. The fourth-order valence-electron chi connectivity index (χ4n) is 4.06. The van der Waals surface area contributed by atoms with Crippen LogP contribution in [0.15, 0.2) is 60.3 Å². The molecule has 2 amide bonds. The zero-order valence-corrected chi connectivity index (χ0v) is 20.3. The van der Waals surface area contributed by atoms with E-state index < -0.39 is 11.8 Å². The lowest BCUT2D eigenvalue weighted by Gasteiger charge is -2.19. The van der Waals surface area contributed by atoms with Crippen molar-refractivity contribution in [2.75, 3.05) is 24.4 Å². The van der Waals surface area contributed by atoms with E-state index in [0.29, 0.717) is 34.0 Å². The van der Waals surface area contributed by atoms with Crippen molar-refractivity contribution >= 4 is 28.8 Å². The number of hydrogen-bond donors (Lipinski definition) is 1. The molecule has 0 saturated carbocycles. The number of anilines is 2. The molecule has 0 aliphatic carbocycles. The normalized spacial score (nSPS) is 13.5. The van der Waals surface area contributed by atoms with E-state index in [1.54, 1.807) is 19.2 Å². The number of imide groups is 1. The predicted molar refractivity (Wildman–Crippen MR) is 134 cm³/mol. The number of ether oxygens (including phenoxy) is 2. The van der Waals surface area contributed by atoms with Crippen LogP contribution >= 0.6 is 0 Å². The van der Waals surface area contributed by atoms with Crippen LogP contribution in [-0.2, 0) is 9.59 Å². The third-order valence-corrected chi connectivity index (χ3v) is 6.07. The van der Waals surface area contributed by atoms with E-state index in [2.05, 4.69) is 5.32 Å². The summed E-state index contributed by atoms with van der Waals surface area (Å²) in [7, 11) is 3.09. The first kappa shape index (κ1) is 23.1. The highest BCUT2D eigenvalue weighted by Gasteiger charge is 2.41. The van der Waals surface area contributed by atoms with Crippen LogP contribution in [0.3, 0.4) is 0 Å². The summed E-state index contributed by atoms with van der Waals surface area (Å²) in [5.74, 6) is 0.155. The first-order valence-electron chi connectivity index (χ1n) is 11.0. The molecule has 0 radical (unpaired) electrons. The summed E-state index contributed by atoms with van der Waals surface area (Å²) in [4.78, 5) is 28.8. The summed E-state index contributed by atoms with van der Waals surface area (Å²) in [6, 6.07) is 16.8. The molecule has 6 nitrogen and oxygen atoms in total. The minimum atomic E-state index is -0.453. The van der Waals surface area contributed by atoms with Crippen molar-refractivity contribution in [1.82, 2.24) is 0 Å². The Hall–Kier alpha value is -4.06. The molecule has 34 heavy (non-hydrogen) atoms. The molecule has 0 bridgehead atoms. The number of nitrogens with zero attached hydrogens (tertiary/aromatic N) is 1. The highest BCUT2D eigenvalue weighted by atomic mass is 16.5. The van der Waals surface area contributed by atoms with Gasteiger partial charge in [-0.3, -0.25) is 9.59 Å². The summed E-state index contributed by atoms with van der Waals surface area (Å²) >= 11 is 0. The lowest BCUT2D eigenvalue weighted by atomic mass is 9.99. The fraction of sp³-hybridized carbons (Fsp3) is 0.214. The maximum atomic E-state index is 13.8. The van der Waals surface area contributed by atoms with Gasteiger partial charge in [0.05, 0.1) is 31.2 Å². The van der Waals surface area contributed by atoms with Crippen molar-refractivity contribution in [3.63, 3.8) is 0 Å². The molecule has 0 spiro atoms. The largest absolute Gasteiger partial charge is 0.495 e. The Kier molecular flexibility index (Phi) is 6.16. The van der Waals surface area contributed by atoms with Crippen molar-refractivity contribution in [1.29, 1.82) is 0 Å². The number of aryl methyl sites for hydroxylation is 4. The van der Waals surface area contributed by atoms with Gasteiger partial charge in [0.1, 0.15) is 17.2 Å². The number of nitrogens with one attached hydrogen (secondary N) is 1. The van der Waals surface area contributed by atoms with Gasteiger partial charge >= 0.3 is 0 Å². The molecule has 0 fully saturated rings. The van der Waals surface area contributed by atoms with Gasteiger partial charge in [-0.05, 0) is 79.8 Å². The summed E-state index contributed by atoms with van der Waals surface area (Å²) in [5, 5.41) is 3.22. The summed E-state index contributed by atoms with van der Waals surface area (Å²) in [5.41, 5.74) is 6.23. The monoisotopic (exact) mass is 456 g/mol. The number of carbonyl (C=O) groups is 2. The molecular weight excluding hydrogens is 428 g/mol. The number of methoxy groups -OCH3 is 2. The van der Waals surface area contributed by atoms with Crippen LogP contribution in [0.4, 0.5) is 11.4 Å². The minimum absolute atomic E-state index is 0.195. The standard InChI is InChI=1S/C28H28N2O4/c1-16-7-11-23(33-5)21(13-16)29-26-25(20-10-9-18(3)19(4)15-20)27(31)30(28(26)32)22-14-17(2)8-12-24(22)34-6/h7-15,29H,1-6H3. The molecule has 0 atom stereocenters. The summed E-state index contributed by atoms with van der Waals surface area (Å²) in [6.07, 6.45) is 0. The van der Waals surface area contributed by atoms with E-state index in [9.17, 15) is 9.59 Å². The fourth-order valence-corrected chi connectivity index (χ4v) is 4.06. The van der Waals surface area contributed by atoms with Crippen LogP contribution < -0.4 is 19.7 Å². The Morgan fingerprint density at radius 3 is 2.00 bits per heavy atom. The lowest BCUT2D eigenvalue weighted by molar-refractivity contribution is -0.120. The molecule has 0 aromatic heterocycles. The average Bonchev–Trinajstić information content (AvgIpc) is 3.05. The van der Waals surface area contributed by atoms with Gasteiger partial charge in [0.25, 0.3) is 11.8 Å². The molecule has 174 valence electrons. The van der Waals surface area contributed by atoms with Crippen LogP contribution in [0.5, 0.6) is 11.5 Å². The molecule has 1 heterocycles. The number of hydrogen-bond acceptors (Lipinski definition) is 5. The SMILES string of the molecule is COc1ccc(C)cc1NC1=C(c2ccc(C)c(C)c2)C(=O)N(c2cc(C)ccc2OC)C1=O. The topological polar surface area (TPSA) is 67.9 Å². The quantitative estimate of drug-likeness (QED) is 0.508. The molecule has 1 aliphatic rings. The van der Waals surface area contributed by atoms with Gasteiger partial charge in [0.15, 0.2) is 0 Å². The van der Waals surface area contributed by atoms with Crippen LogP contribution in [-0.4, -0.2) is 26.0 Å². The molecule has 4 rings (SSSR count). The van der Waals surface area contributed by atoms with Crippen LogP contribution in [0.1, 0.15) is 27.8 Å². The lowest BCUT2D eigenvalue weighted by Crippen LogP contribution is -2.32. The van der Waals surface area contributed by atoms with Crippen molar-refractivity contribution in [2.45, 2.75) is 27.7 Å². The molecule has 6 heteroatoms. The Bertz CT molecular complexity index is 1340. The van der Waals surface area contributed by atoms with Crippen LogP contribution in [0, 0.1) is 27.7 Å². The van der Waals surface area contributed by atoms with E-state index in [1.165, 1.54) is 12.0 Å². The van der Waals surface area contributed by atoms with Crippen molar-refractivity contribution in [3.05, 3.63) is 88.1 Å². The maximum Gasteiger partial charge on any atom is 0.282 e. The van der Waals surface area contributed by atoms with E-state index in [1.807, 2.05) is 70.2 Å². The molecule has 3 aromatic carbocycles. The van der Waals surface area contributed by atoms with Crippen LogP contribution in [0.2, 0.25) is 0 Å². The third-order valence-electron chi connectivity index (χ3n) is 6.07. The highest BCUT2D eigenvalue weighted by Crippen LogP contribution is 2.39. The van der Waals surface area contributed by atoms with E-state index in [4.69, 9.17) is 9.47 Å². The Balaban J connectivity index is 1.91. The van der Waals surface area contributed by atoms with Crippen molar-refractivity contribution in [2.24, 2.45) is 0 Å². The van der Waals surface area contributed by atoms with Crippen LogP contribution in [0.25, 0.3) is 5.57 Å². The smallest absolute Gasteiger partial charge is 0.282 e. The Labute approximate surface area is 199 Å². The van der Waals surface area contributed by atoms with Gasteiger partial charge in [-0.15, -0.1) is 0 Å². The third kappa shape index (κ3) is 4.03. The molecule has 1 aliphatic heterocycles. The van der Waals surface area contributed by atoms with E-state index >= 15 is 0 Å². The second-order valence-electron chi connectivity index (χ2n) is 8.50. The second-order valence-corrected chi connectivity index (χ2v) is 8.50. The first-order valence-corrected chi connectivity index (χ1v) is 11.0. The zero-order valence-electron chi connectivity index (χ0n) is 20.3. The van der Waals surface area contributed by atoms with Gasteiger partial charge in [-0.2, -0.15) is 0 Å². The summed E-state index contributed by atoms with van der Waals surface area (Å²) < 4.78 is 11.0. The molecule has 0 unspecified atom stereocenters. The first-order chi connectivity index (χ1) is 16.2. The Morgan fingerprint density at radius 1 is 0.706 bits per heavy atom. The molecular formula is C28H28N2O4. The molecule has 0 saturated heterocycles.